The van der Waals surface area contributed by atoms with Gasteiger partial charge in [0.2, 0.25) is 0 Å². The van der Waals surface area contributed by atoms with E-state index in [1.807, 2.05) is 0 Å². The van der Waals surface area contributed by atoms with E-state index in [2.05, 4.69) is 13.8 Å². The van der Waals surface area contributed by atoms with Crippen molar-refractivity contribution < 1.29 is 33.4 Å². The molecule has 0 N–H and O–H groups in total. The Balaban J connectivity index is 2.00. The van der Waals surface area contributed by atoms with Crippen molar-refractivity contribution in [2.45, 2.75) is 213 Å². The van der Waals surface area contributed by atoms with Gasteiger partial charge in [-0.05, 0) is 31.3 Å². The molecular weight excluding hydrogens is 677 g/mol. The summed E-state index contributed by atoms with van der Waals surface area (Å²) >= 11 is 0. The van der Waals surface area contributed by atoms with Gasteiger partial charge in [-0.15, -0.1) is 0 Å². The van der Waals surface area contributed by atoms with Crippen LogP contribution in [0.25, 0.3) is 0 Å². The van der Waals surface area contributed by atoms with E-state index in [4.69, 9.17) is 14.2 Å². The highest BCUT2D eigenvalue weighted by atomic mass is 16.5. The zero-order valence-electron chi connectivity index (χ0n) is 35.5. The minimum atomic E-state index is -1.06. The van der Waals surface area contributed by atoms with Gasteiger partial charge in [0.25, 0.3) is 0 Å². The monoisotopic (exact) mass is 757 g/mol. The number of allylic oxidation sites excluding steroid dienone is 1. The largest absolute Gasteiger partial charge is 0.469 e. The topological polar surface area (TPSA) is 96.0 Å². The van der Waals surface area contributed by atoms with Crippen molar-refractivity contribution in [2.24, 2.45) is 17.8 Å². The quantitative estimate of drug-likeness (QED) is 0.0285. The number of unbranched alkanes of at least 4 members (excludes halogenated alkanes) is 26. The summed E-state index contributed by atoms with van der Waals surface area (Å²) in [6, 6.07) is 0. The van der Waals surface area contributed by atoms with Crippen LogP contribution in [0.15, 0.2) is 22.3 Å². The molecule has 54 heavy (non-hydrogen) atoms. The van der Waals surface area contributed by atoms with Crippen molar-refractivity contribution in [3.8, 4) is 0 Å². The highest BCUT2D eigenvalue weighted by molar-refractivity contribution is 6.17. The molecule has 0 aromatic carbocycles. The summed E-state index contributed by atoms with van der Waals surface area (Å²) in [6.45, 7) is 4.52. The van der Waals surface area contributed by atoms with Gasteiger partial charge in [-0.2, -0.15) is 0 Å². The maximum absolute atomic E-state index is 14.0. The van der Waals surface area contributed by atoms with Gasteiger partial charge >= 0.3 is 17.9 Å². The number of Topliss-reactive ketones (excluding diaryl/α,β-unsaturated/α-hetero) is 1. The van der Waals surface area contributed by atoms with Gasteiger partial charge in [-0.1, -0.05) is 193 Å². The molecule has 0 unspecified atom stereocenters. The molecule has 310 valence electrons. The number of carbonyl (C=O) groups excluding carboxylic acids is 4. The maximum atomic E-state index is 14.0. The van der Waals surface area contributed by atoms with Crippen LogP contribution in [-0.2, 0) is 33.4 Å². The van der Waals surface area contributed by atoms with Crippen LogP contribution in [-0.4, -0.2) is 45.0 Å². The van der Waals surface area contributed by atoms with Crippen LogP contribution in [0.2, 0.25) is 0 Å². The molecule has 0 saturated carbocycles. The summed E-state index contributed by atoms with van der Waals surface area (Å²) in [5.41, 5.74) is 2.06. The Hall–Kier alpha value is -2.44. The standard InChI is InChI=1S/C47H80O7/c1-6-8-10-12-14-16-18-20-22-24-26-28-30-32-34-37-36-39(45(49)52-3)42-41(40(37)46(50)53-4)38(43(44(42)48)47(51)54-5)35-33-31-29-27-25-23-21-19-17-15-13-11-9-7-2/h38-39,43H,6-36H2,1-5H3/t38-,39-,43+/m0/s1. The van der Waals surface area contributed by atoms with Crippen LogP contribution in [0.4, 0.5) is 0 Å². The Morgan fingerprint density at radius 1 is 0.500 bits per heavy atom. The number of hydrogen-bond acceptors (Lipinski definition) is 7. The predicted octanol–water partition coefficient (Wildman–Crippen LogP) is 12.7. The van der Waals surface area contributed by atoms with Crippen LogP contribution in [0.1, 0.15) is 213 Å². The summed E-state index contributed by atoms with van der Waals surface area (Å²) in [6.07, 6.45) is 36.4. The molecule has 0 heterocycles. The lowest BCUT2D eigenvalue weighted by Gasteiger charge is -2.29. The lowest BCUT2D eigenvalue weighted by atomic mass is 9.75. The third-order valence-electron chi connectivity index (χ3n) is 12.1. The number of hydrogen-bond donors (Lipinski definition) is 0. The minimum absolute atomic E-state index is 0.236. The molecule has 0 radical (unpaired) electrons. The van der Waals surface area contributed by atoms with Gasteiger partial charge in [-0.3, -0.25) is 14.4 Å². The van der Waals surface area contributed by atoms with E-state index in [1.54, 1.807) is 0 Å². The van der Waals surface area contributed by atoms with Crippen LogP contribution >= 0.6 is 0 Å². The van der Waals surface area contributed by atoms with Gasteiger partial charge in [0.15, 0.2) is 5.78 Å². The summed E-state index contributed by atoms with van der Waals surface area (Å²) in [5.74, 6) is -4.42. The smallest absolute Gasteiger partial charge is 0.338 e. The van der Waals surface area contributed by atoms with Crippen molar-refractivity contribution in [3.63, 3.8) is 0 Å². The van der Waals surface area contributed by atoms with Crippen LogP contribution in [0, 0.1) is 17.8 Å². The van der Waals surface area contributed by atoms with E-state index in [9.17, 15) is 19.2 Å². The number of ketones is 1. The van der Waals surface area contributed by atoms with E-state index in [0.29, 0.717) is 24.0 Å². The molecule has 0 aromatic rings. The molecule has 0 bridgehead atoms. The van der Waals surface area contributed by atoms with Gasteiger partial charge in [0.1, 0.15) is 5.92 Å². The number of ether oxygens (including phenoxy) is 3. The molecule has 2 rings (SSSR count). The normalized spacial score (nSPS) is 18.3. The highest BCUT2D eigenvalue weighted by Crippen LogP contribution is 2.51. The average Bonchev–Trinajstić information content (AvgIpc) is 3.47. The van der Waals surface area contributed by atoms with Gasteiger partial charge in [-0.25, -0.2) is 4.79 Å². The lowest BCUT2D eigenvalue weighted by Crippen LogP contribution is -2.30. The molecule has 0 aromatic heterocycles. The third kappa shape index (κ3) is 16.7. The second kappa shape index (κ2) is 29.8. The Labute approximate surface area is 330 Å². The summed E-state index contributed by atoms with van der Waals surface area (Å²) in [4.78, 5) is 54.0. The number of esters is 3. The van der Waals surface area contributed by atoms with E-state index in [-0.39, 0.29) is 12.0 Å². The summed E-state index contributed by atoms with van der Waals surface area (Å²) < 4.78 is 15.7. The van der Waals surface area contributed by atoms with E-state index >= 15 is 0 Å². The average molecular weight is 757 g/mol. The minimum Gasteiger partial charge on any atom is -0.469 e. The SMILES string of the molecule is CCCCCCCCCCCCCCCCC1=C(C(=O)OC)C2=C(C(=O)[C@H](C(=O)OC)[C@H]2CCCCCCCCCCCCCCCC)[C@@H](C(=O)OC)C1. The zero-order chi connectivity index (χ0) is 39.4. The number of rotatable bonds is 33. The molecular formula is C47H80O7. The first-order valence-electron chi connectivity index (χ1n) is 22.6. The molecule has 2 aliphatic carbocycles. The van der Waals surface area contributed by atoms with Crippen LogP contribution in [0.5, 0.6) is 0 Å². The molecule has 0 amide bonds. The third-order valence-corrected chi connectivity index (χ3v) is 12.1. The molecule has 3 atom stereocenters. The fraction of sp³-hybridized carbons (Fsp3) is 0.830. The first-order valence-corrected chi connectivity index (χ1v) is 22.6. The van der Waals surface area contributed by atoms with Crippen molar-refractivity contribution in [2.75, 3.05) is 21.3 Å². The van der Waals surface area contributed by atoms with Crippen molar-refractivity contribution in [1.82, 2.24) is 0 Å². The van der Waals surface area contributed by atoms with Crippen LogP contribution < -0.4 is 0 Å². The maximum Gasteiger partial charge on any atom is 0.338 e. The molecule has 7 heteroatoms. The molecule has 7 nitrogen and oxygen atoms in total. The predicted molar refractivity (Wildman–Crippen MR) is 220 cm³/mol. The van der Waals surface area contributed by atoms with Crippen molar-refractivity contribution >= 4 is 23.7 Å². The van der Waals surface area contributed by atoms with Gasteiger partial charge < -0.3 is 14.2 Å². The summed E-state index contributed by atoms with van der Waals surface area (Å²) in [7, 11) is 3.99. The first kappa shape index (κ1) is 47.7. The van der Waals surface area contributed by atoms with Crippen LogP contribution in [0.3, 0.4) is 0 Å². The van der Waals surface area contributed by atoms with E-state index in [0.717, 1.165) is 44.1 Å². The second-order valence-electron chi connectivity index (χ2n) is 16.3. The second-order valence-corrected chi connectivity index (χ2v) is 16.3. The first-order chi connectivity index (χ1) is 26.4. The Morgan fingerprint density at radius 2 is 0.889 bits per heavy atom. The molecule has 0 fully saturated rings. The fourth-order valence-electron chi connectivity index (χ4n) is 8.90. The van der Waals surface area contributed by atoms with E-state index < -0.39 is 41.4 Å². The fourth-order valence-corrected chi connectivity index (χ4v) is 8.90. The molecule has 0 saturated heterocycles. The lowest BCUT2D eigenvalue weighted by molar-refractivity contribution is -0.151. The number of methoxy groups -OCH3 is 3. The molecule has 0 spiro atoms. The van der Waals surface area contributed by atoms with Gasteiger partial charge in [0, 0.05) is 11.5 Å². The van der Waals surface area contributed by atoms with Gasteiger partial charge in [0.05, 0.1) is 32.8 Å². The Morgan fingerprint density at radius 3 is 1.28 bits per heavy atom. The van der Waals surface area contributed by atoms with Crippen molar-refractivity contribution in [1.29, 1.82) is 0 Å². The molecule has 0 aliphatic heterocycles. The van der Waals surface area contributed by atoms with E-state index in [1.165, 1.54) is 163 Å². The Kier molecular flexibility index (Phi) is 26.3. The zero-order valence-corrected chi connectivity index (χ0v) is 35.5. The molecule has 2 aliphatic rings. The highest BCUT2D eigenvalue weighted by Gasteiger charge is 2.53. The Bertz CT molecular complexity index is 1150. The summed E-state index contributed by atoms with van der Waals surface area (Å²) in [5, 5.41) is 0. The number of carbonyl (C=O) groups is 4. The van der Waals surface area contributed by atoms with Crippen molar-refractivity contribution in [3.05, 3.63) is 22.3 Å².